The van der Waals surface area contributed by atoms with Gasteiger partial charge < -0.3 is 20.5 Å². The number of carbonyl (C=O) groups excluding carboxylic acids is 1. The Morgan fingerprint density at radius 2 is 1.63 bits per heavy atom. The van der Waals surface area contributed by atoms with Gasteiger partial charge in [-0.05, 0) is 29.5 Å². The normalized spacial score (nSPS) is 15.6. The van der Waals surface area contributed by atoms with Crippen molar-refractivity contribution in [1.82, 2.24) is 5.32 Å². The molecule has 146 valence electrons. The average Bonchev–Trinajstić information content (AvgIpc) is 2.68. The summed E-state index contributed by atoms with van der Waals surface area (Å²) in [4.78, 5) is 12.5. The average molecular weight is 391 g/mol. The van der Waals surface area contributed by atoms with Crippen molar-refractivity contribution in [3.05, 3.63) is 71.3 Å². The van der Waals surface area contributed by atoms with Crippen LogP contribution in [0.3, 0.4) is 0 Å². The molecule has 0 unspecified atom stereocenters. The third-order valence-electron chi connectivity index (χ3n) is 4.76. The van der Waals surface area contributed by atoms with E-state index in [1.165, 1.54) is 0 Å². The minimum absolute atomic E-state index is 0. The van der Waals surface area contributed by atoms with E-state index in [1.54, 1.807) is 0 Å². The summed E-state index contributed by atoms with van der Waals surface area (Å²) in [5.41, 5.74) is 8.67. The maximum absolute atomic E-state index is 12.5. The van der Waals surface area contributed by atoms with E-state index in [4.69, 9.17) is 15.2 Å². The molecular formula is C21H27ClN2O3. The lowest BCUT2D eigenvalue weighted by Crippen LogP contribution is -2.56. The fraction of sp³-hybridized carbons (Fsp3) is 0.381. The highest BCUT2D eigenvalue weighted by Gasteiger charge is 2.35. The van der Waals surface area contributed by atoms with Crippen molar-refractivity contribution in [2.45, 2.75) is 38.1 Å². The van der Waals surface area contributed by atoms with E-state index in [9.17, 15) is 4.79 Å². The summed E-state index contributed by atoms with van der Waals surface area (Å²) < 4.78 is 11.1. The fourth-order valence-electron chi connectivity index (χ4n) is 3.04. The van der Waals surface area contributed by atoms with Crippen molar-refractivity contribution in [2.75, 3.05) is 13.2 Å². The van der Waals surface area contributed by atoms with Crippen LogP contribution >= 0.6 is 12.4 Å². The molecule has 0 aliphatic carbocycles. The predicted molar refractivity (Wildman–Crippen MR) is 107 cm³/mol. The topological polar surface area (TPSA) is 73.6 Å². The van der Waals surface area contributed by atoms with Crippen LogP contribution in [0.15, 0.2) is 54.6 Å². The maximum atomic E-state index is 12.5. The Balaban J connectivity index is 0.00000261. The Kier molecular flexibility index (Phi) is 8.25. The largest absolute Gasteiger partial charge is 0.381 e. The molecule has 1 aliphatic rings. The first-order valence-electron chi connectivity index (χ1n) is 9.01. The van der Waals surface area contributed by atoms with Crippen LogP contribution in [0.25, 0.3) is 0 Å². The van der Waals surface area contributed by atoms with Crippen molar-refractivity contribution in [3.8, 4) is 0 Å². The first-order chi connectivity index (χ1) is 12.7. The number of ether oxygens (including phenoxy) is 2. The second kappa shape index (κ2) is 10.4. The number of carbonyl (C=O) groups is 1. The Labute approximate surface area is 166 Å². The molecule has 27 heavy (non-hydrogen) atoms. The van der Waals surface area contributed by atoms with Crippen LogP contribution in [0.5, 0.6) is 0 Å². The zero-order chi connectivity index (χ0) is 18.2. The summed E-state index contributed by atoms with van der Waals surface area (Å²) in [6, 6.07) is 18.1. The third-order valence-corrected chi connectivity index (χ3v) is 4.76. The molecule has 3 rings (SSSR count). The van der Waals surface area contributed by atoms with Crippen LogP contribution in [0.1, 0.15) is 29.5 Å². The molecule has 0 bridgehead atoms. The van der Waals surface area contributed by atoms with Gasteiger partial charge in [0, 0.05) is 19.8 Å². The van der Waals surface area contributed by atoms with Gasteiger partial charge in [0.1, 0.15) is 0 Å². The van der Waals surface area contributed by atoms with Gasteiger partial charge in [-0.15, -0.1) is 12.4 Å². The van der Waals surface area contributed by atoms with E-state index >= 15 is 0 Å². The summed E-state index contributed by atoms with van der Waals surface area (Å²) >= 11 is 0. The maximum Gasteiger partial charge on any atom is 0.240 e. The van der Waals surface area contributed by atoms with Gasteiger partial charge in [-0.3, -0.25) is 4.79 Å². The van der Waals surface area contributed by atoms with E-state index in [-0.39, 0.29) is 18.3 Å². The van der Waals surface area contributed by atoms with Crippen molar-refractivity contribution >= 4 is 18.3 Å². The van der Waals surface area contributed by atoms with Crippen LogP contribution in [-0.4, -0.2) is 24.7 Å². The minimum atomic E-state index is -0.822. The van der Waals surface area contributed by atoms with Gasteiger partial charge in [-0.2, -0.15) is 0 Å². The summed E-state index contributed by atoms with van der Waals surface area (Å²) in [5.74, 6) is -0.110. The molecule has 0 atom stereocenters. The summed E-state index contributed by atoms with van der Waals surface area (Å²) in [6.07, 6.45) is 1.11. The van der Waals surface area contributed by atoms with Gasteiger partial charge in [-0.1, -0.05) is 54.6 Å². The Hall–Kier alpha value is -1.92. The first kappa shape index (κ1) is 21.4. The Morgan fingerprint density at radius 3 is 2.33 bits per heavy atom. The molecule has 1 fully saturated rings. The number of hydrogen-bond acceptors (Lipinski definition) is 4. The monoisotopic (exact) mass is 390 g/mol. The molecule has 1 saturated heterocycles. The number of benzene rings is 2. The molecule has 2 aromatic rings. The Bertz CT molecular complexity index is 718. The van der Waals surface area contributed by atoms with Crippen LogP contribution in [0.4, 0.5) is 0 Å². The lowest BCUT2D eigenvalue weighted by Gasteiger charge is -2.31. The molecule has 1 heterocycles. The number of rotatable bonds is 7. The van der Waals surface area contributed by atoms with E-state index in [0.29, 0.717) is 45.8 Å². The van der Waals surface area contributed by atoms with Gasteiger partial charge in [0.05, 0.1) is 18.8 Å². The minimum Gasteiger partial charge on any atom is -0.381 e. The number of nitrogens with one attached hydrogen (secondary N) is 1. The van der Waals surface area contributed by atoms with Crippen molar-refractivity contribution in [1.29, 1.82) is 0 Å². The quantitative estimate of drug-likeness (QED) is 0.762. The van der Waals surface area contributed by atoms with Crippen LogP contribution in [-0.2, 0) is 34.0 Å². The molecular weight excluding hydrogens is 364 g/mol. The predicted octanol–water partition coefficient (Wildman–Crippen LogP) is 2.95. The second-order valence-corrected chi connectivity index (χ2v) is 6.70. The molecule has 0 saturated carbocycles. The second-order valence-electron chi connectivity index (χ2n) is 6.70. The zero-order valence-corrected chi connectivity index (χ0v) is 16.2. The molecule has 1 amide bonds. The molecule has 1 aliphatic heterocycles. The lowest BCUT2D eigenvalue weighted by atomic mass is 9.90. The van der Waals surface area contributed by atoms with Gasteiger partial charge in [0.25, 0.3) is 0 Å². The SMILES string of the molecule is Cl.NC1(C(=O)NCc2ccccc2COCc2ccccc2)CCOCC1. The number of nitrogens with two attached hydrogens (primary N) is 1. The smallest absolute Gasteiger partial charge is 0.240 e. The van der Waals surface area contributed by atoms with E-state index < -0.39 is 5.54 Å². The summed E-state index contributed by atoms with van der Waals surface area (Å²) in [6.45, 7) is 2.58. The van der Waals surface area contributed by atoms with Crippen LogP contribution in [0, 0.1) is 0 Å². The fourth-order valence-corrected chi connectivity index (χ4v) is 3.04. The molecule has 2 aromatic carbocycles. The van der Waals surface area contributed by atoms with Crippen molar-refractivity contribution in [3.63, 3.8) is 0 Å². The zero-order valence-electron chi connectivity index (χ0n) is 15.4. The van der Waals surface area contributed by atoms with E-state index in [2.05, 4.69) is 5.32 Å². The molecule has 3 N–H and O–H groups in total. The standard InChI is InChI=1S/C21H26N2O3.ClH/c22-21(10-12-25-13-11-21)20(24)23-14-18-8-4-5-9-19(18)16-26-15-17-6-2-1-3-7-17;/h1-9H,10-16,22H2,(H,23,24);1H. The van der Waals surface area contributed by atoms with E-state index in [1.807, 2.05) is 54.6 Å². The van der Waals surface area contributed by atoms with Gasteiger partial charge in [-0.25, -0.2) is 0 Å². The molecule has 0 aromatic heterocycles. The highest BCUT2D eigenvalue weighted by atomic mass is 35.5. The van der Waals surface area contributed by atoms with Gasteiger partial charge >= 0.3 is 0 Å². The number of halogens is 1. The number of hydrogen-bond donors (Lipinski definition) is 2. The number of amides is 1. The molecule has 6 heteroatoms. The van der Waals surface area contributed by atoms with Crippen LogP contribution < -0.4 is 11.1 Å². The van der Waals surface area contributed by atoms with Gasteiger partial charge in [0.15, 0.2) is 0 Å². The van der Waals surface area contributed by atoms with E-state index in [0.717, 1.165) is 16.7 Å². The molecule has 5 nitrogen and oxygen atoms in total. The van der Waals surface area contributed by atoms with Crippen molar-refractivity contribution in [2.24, 2.45) is 5.73 Å². The lowest BCUT2D eigenvalue weighted by molar-refractivity contribution is -0.129. The van der Waals surface area contributed by atoms with Gasteiger partial charge in [0.2, 0.25) is 5.91 Å². The third kappa shape index (κ3) is 6.04. The first-order valence-corrected chi connectivity index (χ1v) is 9.01. The summed E-state index contributed by atoms with van der Waals surface area (Å²) in [7, 11) is 0. The van der Waals surface area contributed by atoms with Crippen LogP contribution in [0.2, 0.25) is 0 Å². The highest BCUT2D eigenvalue weighted by molar-refractivity contribution is 5.86. The Morgan fingerprint density at radius 1 is 1.00 bits per heavy atom. The summed E-state index contributed by atoms with van der Waals surface area (Å²) in [5, 5.41) is 2.98. The highest BCUT2D eigenvalue weighted by Crippen LogP contribution is 2.18. The molecule has 0 spiro atoms. The van der Waals surface area contributed by atoms with Crippen molar-refractivity contribution < 1.29 is 14.3 Å². The molecule has 0 radical (unpaired) electrons.